The van der Waals surface area contributed by atoms with Gasteiger partial charge in [0.1, 0.15) is 12.4 Å². The lowest BCUT2D eigenvalue weighted by Gasteiger charge is -2.05. The largest absolute Gasteiger partial charge is 0.462 e. The summed E-state index contributed by atoms with van der Waals surface area (Å²) in [4.78, 5) is 22.3. The van der Waals surface area contributed by atoms with E-state index in [-0.39, 0.29) is 30.2 Å². The number of amides is 1. The van der Waals surface area contributed by atoms with Gasteiger partial charge in [-0.2, -0.15) is 0 Å². The average Bonchev–Trinajstić information content (AvgIpc) is 2.32. The van der Waals surface area contributed by atoms with E-state index in [9.17, 15) is 14.0 Å². The molecule has 0 bridgehead atoms. The van der Waals surface area contributed by atoms with Crippen molar-refractivity contribution >= 4 is 17.6 Å². The standard InChI is InChI=1S/C11H13FN2O3/c1-14-10(15)4-5-17-11(16)7-2-3-9(13)8(12)6-7/h2-3,6H,4-5,13H2,1H3,(H,14,15). The highest BCUT2D eigenvalue weighted by Crippen LogP contribution is 2.12. The van der Waals surface area contributed by atoms with Gasteiger partial charge < -0.3 is 15.8 Å². The van der Waals surface area contributed by atoms with E-state index in [4.69, 9.17) is 10.5 Å². The highest BCUT2D eigenvalue weighted by atomic mass is 19.1. The summed E-state index contributed by atoms with van der Waals surface area (Å²) in [5, 5.41) is 2.39. The molecule has 17 heavy (non-hydrogen) atoms. The van der Waals surface area contributed by atoms with Crippen LogP contribution >= 0.6 is 0 Å². The molecule has 1 amide bonds. The van der Waals surface area contributed by atoms with Crippen LogP contribution < -0.4 is 11.1 Å². The van der Waals surface area contributed by atoms with Crippen molar-refractivity contribution < 1.29 is 18.7 Å². The lowest BCUT2D eigenvalue weighted by molar-refractivity contribution is -0.121. The summed E-state index contributed by atoms with van der Waals surface area (Å²) >= 11 is 0. The Kier molecular flexibility index (Phi) is 4.45. The van der Waals surface area contributed by atoms with Crippen molar-refractivity contribution in [2.45, 2.75) is 6.42 Å². The summed E-state index contributed by atoms with van der Waals surface area (Å²) in [7, 11) is 1.49. The second-order valence-corrected chi connectivity index (χ2v) is 3.30. The molecule has 1 aromatic carbocycles. The van der Waals surface area contributed by atoms with Crippen LogP contribution in [0.2, 0.25) is 0 Å². The predicted molar refractivity (Wildman–Crippen MR) is 59.8 cm³/mol. The zero-order valence-electron chi connectivity index (χ0n) is 9.33. The summed E-state index contributed by atoms with van der Waals surface area (Å²) in [6.45, 7) is -0.0511. The molecule has 5 nitrogen and oxygen atoms in total. The fourth-order valence-electron chi connectivity index (χ4n) is 1.10. The minimum atomic E-state index is -0.687. The minimum Gasteiger partial charge on any atom is -0.462 e. The zero-order valence-corrected chi connectivity index (χ0v) is 9.33. The molecule has 0 heterocycles. The molecule has 0 aliphatic heterocycles. The Bertz CT molecular complexity index is 435. The molecule has 1 rings (SSSR count). The minimum absolute atomic E-state index is 0.0353. The van der Waals surface area contributed by atoms with Crippen LogP contribution in [-0.2, 0) is 9.53 Å². The average molecular weight is 240 g/mol. The van der Waals surface area contributed by atoms with Gasteiger partial charge in [-0.1, -0.05) is 0 Å². The van der Waals surface area contributed by atoms with Gasteiger partial charge in [0.15, 0.2) is 0 Å². The van der Waals surface area contributed by atoms with Crippen LogP contribution in [0.25, 0.3) is 0 Å². The highest BCUT2D eigenvalue weighted by Gasteiger charge is 2.10. The number of halogens is 1. The molecular weight excluding hydrogens is 227 g/mol. The van der Waals surface area contributed by atoms with Gasteiger partial charge in [-0.3, -0.25) is 4.79 Å². The third kappa shape index (κ3) is 3.75. The molecule has 0 atom stereocenters. The maximum Gasteiger partial charge on any atom is 0.338 e. The van der Waals surface area contributed by atoms with E-state index < -0.39 is 11.8 Å². The summed E-state index contributed by atoms with van der Waals surface area (Å²) in [6.07, 6.45) is 0.0691. The Balaban J connectivity index is 2.52. The SMILES string of the molecule is CNC(=O)CCOC(=O)c1ccc(N)c(F)c1. The fourth-order valence-corrected chi connectivity index (χ4v) is 1.10. The Morgan fingerprint density at radius 3 is 2.76 bits per heavy atom. The van der Waals surface area contributed by atoms with Crippen LogP contribution in [-0.4, -0.2) is 25.5 Å². The number of nitrogens with two attached hydrogens (primary N) is 1. The van der Waals surface area contributed by atoms with Crippen molar-refractivity contribution in [1.82, 2.24) is 5.32 Å². The van der Waals surface area contributed by atoms with E-state index in [0.29, 0.717) is 0 Å². The lowest BCUT2D eigenvalue weighted by atomic mass is 10.2. The number of ether oxygens (including phenoxy) is 1. The molecule has 0 aliphatic rings. The Hall–Kier alpha value is -2.11. The fraction of sp³-hybridized carbons (Fsp3) is 0.273. The molecule has 0 radical (unpaired) electrons. The molecule has 0 unspecified atom stereocenters. The van der Waals surface area contributed by atoms with Crippen LogP contribution in [0, 0.1) is 5.82 Å². The number of nitrogens with one attached hydrogen (secondary N) is 1. The summed E-state index contributed by atoms with van der Waals surface area (Å²) in [5.41, 5.74) is 5.29. The third-order valence-corrected chi connectivity index (χ3v) is 2.08. The zero-order chi connectivity index (χ0) is 12.8. The number of carbonyl (C=O) groups excluding carboxylic acids is 2. The van der Waals surface area contributed by atoms with Crippen molar-refractivity contribution in [3.05, 3.63) is 29.6 Å². The first-order valence-corrected chi connectivity index (χ1v) is 4.97. The normalized spacial score (nSPS) is 9.76. The van der Waals surface area contributed by atoms with Crippen LogP contribution in [0.3, 0.4) is 0 Å². The predicted octanol–water partition coefficient (Wildman–Crippen LogP) is 0.701. The van der Waals surface area contributed by atoms with Crippen molar-refractivity contribution in [1.29, 1.82) is 0 Å². The van der Waals surface area contributed by atoms with E-state index in [1.807, 2.05) is 0 Å². The van der Waals surface area contributed by atoms with Gasteiger partial charge in [0.2, 0.25) is 5.91 Å². The molecule has 0 spiro atoms. The van der Waals surface area contributed by atoms with E-state index >= 15 is 0 Å². The second kappa shape index (κ2) is 5.83. The molecule has 1 aromatic rings. The molecule has 6 heteroatoms. The van der Waals surface area contributed by atoms with Crippen LogP contribution in [0.15, 0.2) is 18.2 Å². The molecule has 0 aromatic heterocycles. The highest BCUT2D eigenvalue weighted by molar-refractivity contribution is 5.90. The molecule has 0 saturated heterocycles. The topological polar surface area (TPSA) is 81.4 Å². The Labute approximate surface area is 97.7 Å². The molecular formula is C11H13FN2O3. The van der Waals surface area contributed by atoms with Crippen molar-refractivity contribution in [3.8, 4) is 0 Å². The number of benzene rings is 1. The number of esters is 1. The van der Waals surface area contributed by atoms with E-state index in [1.165, 1.54) is 19.2 Å². The third-order valence-electron chi connectivity index (χ3n) is 2.08. The van der Waals surface area contributed by atoms with Crippen molar-refractivity contribution in [2.75, 3.05) is 19.4 Å². The van der Waals surface area contributed by atoms with Gasteiger partial charge in [0.05, 0.1) is 17.7 Å². The van der Waals surface area contributed by atoms with E-state index in [2.05, 4.69) is 5.32 Å². The van der Waals surface area contributed by atoms with Gasteiger partial charge in [-0.05, 0) is 18.2 Å². The summed E-state index contributed by atoms with van der Waals surface area (Å²) in [5.74, 6) is -1.60. The maximum absolute atomic E-state index is 13.0. The molecule has 92 valence electrons. The van der Waals surface area contributed by atoms with Gasteiger partial charge in [-0.15, -0.1) is 0 Å². The van der Waals surface area contributed by atoms with Gasteiger partial charge >= 0.3 is 5.97 Å². The lowest BCUT2D eigenvalue weighted by Crippen LogP contribution is -2.20. The summed E-state index contributed by atoms with van der Waals surface area (Å²) < 4.78 is 17.8. The van der Waals surface area contributed by atoms with E-state index in [0.717, 1.165) is 6.07 Å². The number of rotatable bonds is 4. The molecule has 0 aliphatic carbocycles. The molecule has 0 fully saturated rings. The van der Waals surface area contributed by atoms with Crippen molar-refractivity contribution in [2.24, 2.45) is 0 Å². The Morgan fingerprint density at radius 1 is 1.47 bits per heavy atom. The number of nitrogen functional groups attached to an aromatic ring is 1. The second-order valence-electron chi connectivity index (χ2n) is 3.30. The first-order chi connectivity index (χ1) is 8.04. The number of anilines is 1. The van der Waals surface area contributed by atoms with Crippen LogP contribution in [0.5, 0.6) is 0 Å². The number of hydrogen-bond acceptors (Lipinski definition) is 4. The first-order valence-electron chi connectivity index (χ1n) is 4.97. The smallest absolute Gasteiger partial charge is 0.338 e. The van der Waals surface area contributed by atoms with E-state index in [1.54, 1.807) is 0 Å². The van der Waals surface area contributed by atoms with Gasteiger partial charge in [-0.25, -0.2) is 9.18 Å². The number of hydrogen-bond donors (Lipinski definition) is 2. The number of carbonyl (C=O) groups is 2. The summed E-state index contributed by atoms with van der Waals surface area (Å²) in [6, 6.07) is 3.64. The maximum atomic E-state index is 13.0. The Morgan fingerprint density at radius 2 is 2.18 bits per heavy atom. The van der Waals surface area contributed by atoms with Gasteiger partial charge in [0.25, 0.3) is 0 Å². The molecule has 3 N–H and O–H groups in total. The van der Waals surface area contributed by atoms with Crippen LogP contribution in [0.1, 0.15) is 16.8 Å². The van der Waals surface area contributed by atoms with Crippen LogP contribution in [0.4, 0.5) is 10.1 Å². The van der Waals surface area contributed by atoms with Gasteiger partial charge in [0, 0.05) is 7.05 Å². The molecule has 0 saturated carbocycles. The first kappa shape index (κ1) is 13.0. The quantitative estimate of drug-likeness (QED) is 0.599. The van der Waals surface area contributed by atoms with Crippen molar-refractivity contribution in [3.63, 3.8) is 0 Å². The monoisotopic (exact) mass is 240 g/mol.